The van der Waals surface area contributed by atoms with Crippen molar-refractivity contribution < 1.29 is 4.79 Å². The van der Waals surface area contributed by atoms with Crippen molar-refractivity contribution >= 4 is 5.91 Å². The Morgan fingerprint density at radius 1 is 1.26 bits per heavy atom. The van der Waals surface area contributed by atoms with Crippen LogP contribution in [0.25, 0.3) is 0 Å². The van der Waals surface area contributed by atoms with Crippen molar-refractivity contribution in [2.45, 2.75) is 52.6 Å². The van der Waals surface area contributed by atoms with Gasteiger partial charge >= 0.3 is 0 Å². The summed E-state index contributed by atoms with van der Waals surface area (Å²) in [6.45, 7) is 10.6. The van der Waals surface area contributed by atoms with Crippen LogP contribution in [0.3, 0.4) is 0 Å². The van der Waals surface area contributed by atoms with Crippen molar-refractivity contribution in [1.29, 1.82) is 0 Å². The van der Waals surface area contributed by atoms with E-state index in [9.17, 15) is 4.79 Å². The number of hydrogen-bond donors (Lipinski definition) is 2. The summed E-state index contributed by atoms with van der Waals surface area (Å²) in [5.74, 6) is 0.0470. The van der Waals surface area contributed by atoms with Crippen molar-refractivity contribution in [3.63, 3.8) is 0 Å². The summed E-state index contributed by atoms with van der Waals surface area (Å²) < 4.78 is 0. The lowest BCUT2D eigenvalue weighted by Crippen LogP contribution is -2.46. The molecular formula is C16H26N2O. The van der Waals surface area contributed by atoms with E-state index in [4.69, 9.17) is 0 Å². The highest BCUT2D eigenvalue weighted by molar-refractivity contribution is 5.78. The van der Waals surface area contributed by atoms with E-state index in [1.54, 1.807) is 0 Å². The highest BCUT2D eigenvalue weighted by Crippen LogP contribution is 2.12. The molecule has 1 rings (SSSR count). The number of benzene rings is 1. The molecule has 3 heteroatoms. The maximum absolute atomic E-state index is 11.8. The van der Waals surface area contributed by atoms with Crippen LogP contribution in [0.15, 0.2) is 24.3 Å². The maximum atomic E-state index is 11.8. The summed E-state index contributed by atoms with van der Waals surface area (Å²) in [6.07, 6.45) is 0.923. The minimum Gasteiger partial charge on any atom is -0.350 e. The zero-order valence-electron chi connectivity index (χ0n) is 12.7. The molecule has 0 unspecified atom stereocenters. The van der Waals surface area contributed by atoms with Crippen LogP contribution < -0.4 is 10.6 Å². The first-order chi connectivity index (χ1) is 8.84. The number of amides is 1. The molecule has 0 aliphatic rings. The fourth-order valence-corrected chi connectivity index (χ4v) is 1.73. The standard InChI is InChI=1S/C16H26N2O/c1-6-16(4,5)18-15(19)11-17-13(3)14-9-7-12(2)8-10-14/h7-10,13,17H,6,11H2,1-5H3,(H,18,19)/t13-/m0/s1. The van der Waals surface area contributed by atoms with E-state index in [2.05, 4.69) is 55.7 Å². The van der Waals surface area contributed by atoms with Gasteiger partial charge in [0.15, 0.2) is 0 Å². The molecule has 2 N–H and O–H groups in total. The average Bonchev–Trinajstić information content (AvgIpc) is 2.36. The number of hydrogen-bond acceptors (Lipinski definition) is 2. The van der Waals surface area contributed by atoms with E-state index in [0.717, 1.165) is 6.42 Å². The van der Waals surface area contributed by atoms with Crippen LogP contribution in [0.1, 0.15) is 51.3 Å². The van der Waals surface area contributed by atoms with E-state index < -0.39 is 0 Å². The van der Waals surface area contributed by atoms with Gasteiger partial charge in [0.05, 0.1) is 6.54 Å². The van der Waals surface area contributed by atoms with Gasteiger partial charge < -0.3 is 10.6 Å². The molecule has 0 aliphatic heterocycles. The number of carbonyl (C=O) groups excluding carboxylic acids is 1. The van der Waals surface area contributed by atoms with Gasteiger partial charge in [0.2, 0.25) is 5.91 Å². The third kappa shape index (κ3) is 5.43. The lowest BCUT2D eigenvalue weighted by Gasteiger charge is -2.25. The molecule has 0 aliphatic carbocycles. The summed E-state index contributed by atoms with van der Waals surface area (Å²) >= 11 is 0. The van der Waals surface area contributed by atoms with E-state index in [0.29, 0.717) is 6.54 Å². The van der Waals surface area contributed by atoms with Crippen LogP contribution >= 0.6 is 0 Å². The molecule has 0 bridgehead atoms. The summed E-state index contributed by atoms with van der Waals surface area (Å²) in [4.78, 5) is 11.8. The third-order valence-corrected chi connectivity index (χ3v) is 3.51. The highest BCUT2D eigenvalue weighted by Gasteiger charge is 2.17. The second kappa shape index (κ2) is 6.71. The Labute approximate surface area is 116 Å². The molecule has 19 heavy (non-hydrogen) atoms. The van der Waals surface area contributed by atoms with Gasteiger partial charge in [-0.3, -0.25) is 4.79 Å². The molecule has 1 atom stereocenters. The number of rotatable bonds is 6. The molecule has 0 saturated carbocycles. The maximum Gasteiger partial charge on any atom is 0.234 e. The molecule has 0 fully saturated rings. The lowest BCUT2D eigenvalue weighted by atomic mass is 10.0. The van der Waals surface area contributed by atoms with Gasteiger partial charge in [-0.15, -0.1) is 0 Å². The Bertz CT molecular complexity index is 409. The Hall–Kier alpha value is -1.35. The Balaban J connectivity index is 2.44. The van der Waals surface area contributed by atoms with Crippen LogP contribution in [0.4, 0.5) is 0 Å². The van der Waals surface area contributed by atoms with Crippen molar-refractivity contribution in [2.75, 3.05) is 6.54 Å². The summed E-state index contributed by atoms with van der Waals surface area (Å²) in [5.41, 5.74) is 2.32. The Kier molecular flexibility index (Phi) is 5.55. The van der Waals surface area contributed by atoms with Crippen molar-refractivity contribution in [1.82, 2.24) is 10.6 Å². The Morgan fingerprint density at radius 2 is 1.84 bits per heavy atom. The molecule has 1 aromatic rings. The molecule has 1 aromatic carbocycles. The quantitative estimate of drug-likeness (QED) is 0.827. The number of carbonyl (C=O) groups is 1. The van der Waals surface area contributed by atoms with Crippen LogP contribution in [0.5, 0.6) is 0 Å². The summed E-state index contributed by atoms with van der Waals surface area (Å²) in [6, 6.07) is 8.56. The van der Waals surface area contributed by atoms with Crippen molar-refractivity contribution in [2.24, 2.45) is 0 Å². The van der Waals surface area contributed by atoms with Gasteiger partial charge in [0, 0.05) is 11.6 Å². The zero-order valence-corrected chi connectivity index (χ0v) is 12.7. The average molecular weight is 262 g/mol. The fourth-order valence-electron chi connectivity index (χ4n) is 1.73. The third-order valence-electron chi connectivity index (χ3n) is 3.51. The van der Waals surface area contributed by atoms with Gasteiger partial charge in [-0.05, 0) is 39.7 Å². The van der Waals surface area contributed by atoms with Gasteiger partial charge in [-0.25, -0.2) is 0 Å². The highest BCUT2D eigenvalue weighted by atomic mass is 16.2. The van der Waals surface area contributed by atoms with E-state index >= 15 is 0 Å². The minimum absolute atomic E-state index is 0.0470. The van der Waals surface area contributed by atoms with E-state index in [-0.39, 0.29) is 17.5 Å². The van der Waals surface area contributed by atoms with Crippen LogP contribution in [0.2, 0.25) is 0 Å². The van der Waals surface area contributed by atoms with Gasteiger partial charge in [0.1, 0.15) is 0 Å². The molecule has 106 valence electrons. The van der Waals surface area contributed by atoms with Crippen LogP contribution in [-0.4, -0.2) is 18.0 Å². The normalized spacial score (nSPS) is 13.1. The predicted octanol–water partition coefficient (Wildman–Crippen LogP) is 2.95. The van der Waals surface area contributed by atoms with Gasteiger partial charge in [-0.1, -0.05) is 36.8 Å². The second-order valence-corrected chi connectivity index (χ2v) is 5.80. The fraction of sp³-hybridized carbons (Fsp3) is 0.562. The molecular weight excluding hydrogens is 236 g/mol. The zero-order chi connectivity index (χ0) is 14.5. The van der Waals surface area contributed by atoms with Crippen molar-refractivity contribution in [3.05, 3.63) is 35.4 Å². The van der Waals surface area contributed by atoms with Gasteiger partial charge in [-0.2, -0.15) is 0 Å². The summed E-state index contributed by atoms with van der Waals surface area (Å²) in [5, 5.41) is 6.27. The molecule has 0 spiro atoms. The topological polar surface area (TPSA) is 41.1 Å². The van der Waals surface area contributed by atoms with Crippen LogP contribution in [-0.2, 0) is 4.79 Å². The molecule has 1 amide bonds. The first-order valence-electron chi connectivity index (χ1n) is 6.95. The Morgan fingerprint density at radius 3 is 2.37 bits per heavy atom. The second-order valence-electron chi connectivity index (χ2n) is 5.80. The first kappa shape index (κ1) is 15.7. The smallest absolute Gasteiger partial charge is 0.234 e. The van der Waals surface area contributed by atoms with Crippen molar-refractivity contribution in [3.8, 4) is 0 Å². The largest absolute Gasteiger partial charge is 0.350 e. The number of nitrogens with one attached hydrogen (secondary N) is 2. The molecule has 3 nitrogen and oxygen atoms in total. The summed E-state index contributed by atoms with van der Waals surface area (Å²) in [7, 11) is 0. The predicted molar refractivity (Wildman–Crippen MR) is 80.1 cm³/mol. The monoisotopic (exact) mass is 262 g/mol. The van der Waals surface area contributed by atoms with Crippen LogP contribution in [0, 0.1) is 6.92 Å². The minimum atomic E-state index is -0.133. The number of aryl methyl sites for hydroxylation is 1. The molecule has 0 heterocycles. The van der Waals surface area contributed by atoms with E-state index in [1.165, 1.54) is 11.1 Å². The molecule has 0 aromatic heterocycles. The first-order valence-corrected chi connectivity index (χ1v) is 6.95. The lowest BCUT2D eigenvalue weighted by molar-refractivity contribution is -0.122. The van der Waals surface area contributed by atoms with Gasteiger partial charge in [0.25, 0.3) is 0 Å². The van der Waals surface area contributed by atoms with E-state index in [1.807, 2.05) is 13.8 Å². The SMILES string of the molecule is CCC(C)(C)NC(=O)CN[C@@H](C)c1ccc(C)cc1. The molecule has 0 radical (unpaired) electrons. The molecule has 0 saturated heterocycles.